The highest BCUT2D eigenvalue weighted by Gasteiger charge is 2.25. The number of carbonyl (C=O) groups excluding carboxylic acids is 1. The maximum Gasteiger partial charge on any atom is 0.408 e. The van der Waals surface area contributed by atoms with Crippen LogP contribution in [0.25, 0.3) is 11.1 Å². The van der Waals surface area contributed by atoms with Crippen LogP contribution >= 0.6 is 0 Å². The van der Waals surface area contributed by atoms with Gasteiger partial charge in [0.15, 0.2) is 0 Å². The SMILES string of the molecule is Cc1ccccc1-c1ccccc1CC(NC(=O)OC(C)(C)C)C(=O)O. The maximum absolute atomic E-state index is 12.0. The number of nitrogens with one attached hydrogen (secondary N) is 1. The van der Waals surface area contributed by atoms with Gasteiger partial charge in [-0.1, -0.05) is 48.5 Å². The molecule has 1 amide bonds. The zero-order chi connectivity index (χ0) is 19.3. The van der Waals surface area contributed by atoms with Gasteiger partial charge in [0, 0.05) is 6.42 Å². The van der Waals surface area contributed by atoms with Crippen molar-refractivity contribution in [1.29, 1.82) is 0 Å². The van der Waals surface area contributed by atoms with Crippen LogP contribution in [0.2, 0.25) is 0 Å². The van der Waals surface area contributed by atoms with Crippen molar-refractivity contribution >= 4 is 12.1 Å². The lowest BCUT2D eigenvalue weighted by Gasteiger charge is -2.22. The molecule has 1 atom stereocenters. The van der Waals surface area contributed by atoms with Gasteiger partial charge in [-0.3, -0.25) is 0 Å². The van der Waals surface area contributed by atoms with Gasteiger partial charge in [-0.2, -0.15) is 0 Å². The van der Waals surface area contributed by atoms with E-state index in [-0.39, 0.29) is 6.42 Å². The van der Waals surface area contributed by atoms with Gasteiger partial charge in [0.1, 0.15) is 11.6 Å². The van der Waals surface area contributed by atoms with Gasteiger partial charge in [0.25, 0.3) is 0 Å². The first-order valence-corrected chi connectivity index (χ1v) is 8.53. The highest BCUT2D eigenvalue weighted by molar-refractivity contribution is 5.81. The van der Waals surface area contributed by atoms with Gasteiger partial charge in [-0.25, -0.2) is 9.59 Å². The standard InChI is InChI=1S/C21H25NO4/c1-14-9-5-7-11-16(14)17-12-8-6-10-15(17)13-18(19(23)24)22-20(25)26-21(2,3)4/h5-12,18H,13H2,1-4H3,(H,22,25)(H,23,24). The Morgan fingerprint density at radius 2 is 1.62 bits per heavy atom. The number of ether oxygens (including phenoxy) is 1. The first kappa shape index (κ1) is 19.5. The summed E-state index contributed by atoms with van der Waals surface area (Å²) < 4.78 is 5.18. The van der Waals surface area contributed by atoms with E-state index in [1.165, 1.54) is 0 Å². The third-order valence-corrected chi connectivity index (χ3v) is 3.87. The third kappa shape index (κ3) is 5.34. The van der Waals surface area contributed by atoms with Crippen LogP contribution in [-0.2, 0) is 16.0 Å². The van der Waals surface area contributed by atoms with Gasteiger partial charge in [-0.15, -0.1) is 0 Å². The number of rotatable bonds is 5. The summed E-state index contributed by atoms with van der Waals surface area (Å²) in [5.74, 6) is -1.10. The smallest absolute Gasteiger partial charge is 0.408 e. The van der Waals surface area contributed by atoms with Crippen molar-refractivity contribution in [3.05, 3.63) is 59.7 Å². The molecule has 0 heterocycles. The summed E-state index contributed by atoms with van der Waals surface area (Å²) in [4.78, 5) is 23.6. The molecule has 0 saturated heterocycles. The first-order chi connectivity index (χ1) is 12.2. The Labute approximate surface area is 154 Å². The molecule has 26 heavy (non-hydrogen) atoms. The molecule has 138 valence electrons. The van der Waals surface area contributed by atoms with Crippen LogP contribution in [0.15, 0.2) is 48.5 Å². The van der Waals surface area contributed by atoms with Crippen molar-refractivity contribution in [1.82, 2.24) is 5.32 Å². The van der Waals surface area contributed by atoms with Gasteiger partial charge in [-0.05, 0) is 49.9 Å². The second kappa shape index (κ2) is 8.04. The molecule has 0 aliphatic heterocycles. The Balaban J connectivity index is 2.26. The molecule has 0 bridgehead atoms. The van der Waals surface area contributed by atoms with Gasteiger partial charge in [0.2, 0.25) is 0 Å². The average molecular weight is 355 g/mol. The number of carbonyl (C=O) groups is 2. The van der Waals surface area contributed by atoms with E-state index in [9.17, 15) is 14.7 Å². The molecule has 0 saturated carbocycles. The molecule has 0 aliphatic carbocycles. The van der Waals surface area contributed by atoms with E-state index in [0.29, 0.717) is 0 Å². The summed E-state index contributed by atoms with van der Waals surface area (Å²) in [6.07, 6.45) is -0.572. The van der Waals surface area contributed by atoms with Gasteiger partial charge >= 0.3 is 12.1 Å². The lowest BCUT2D eigenvalue weighted by atomic mass is 9.93. The van der Waals surface area contributed by atoms with Crippen molar-refractivity contribution < 1.29 is 19.4 Å². The van der Waals surface area contributed by atoms with Crippen molar-refractivity contribution in [2.45, 2.75) is 45.8 Å². The van der Waals surface area contributed by atoms with E-state index >= 15 is 0 Å². The Hall–Kier alpha value is -2.82. The lowest BCUT2D eigenvalue weighted by molar-refractivity contribution is -0.139. The number of carboxylic acid groups (broad SMARTS) is 1. The third-order valence-electron chi connectivity index (χ3n) is 3.87. The fourth-order valence-electron chi connectivity index (χ4n) is 2.71. The van der Waals surface area contributed by atoms with E-state index in [2.05, 4.69) is 5.32 Å². The molecule has 5 nitrogen and oxygen atoms in total. The molecular weight excluding hydrogens is 330 g/mol. The molecule has 2 aromatic rings. The van der Waals surface area contributed by atoms with E-state index in [1.54, 1.807) is 20.8 Å². The zero-order valence-electron chi connectivity index (χ0n) is 15.6. The summed E-state index contributed by atoms with van der Waals surface area (Å²) in [7, 11) is 0. The minimum absolute atomic E-state index is 0.166. The van der Waals surface area contributed by atoms with Crippen molar-refractivity contribution in [3.63, 3.8) is 0 Å². The quantitative estimate of drug-likeness (QED) is 0.843. The predicted octanol–water partition coefficient (Wildman–Crippen LogP) is 4.18. The van der Waals surface area contributed by atoms with Crippen molar-refractivity contribution in [2.75, 3.05) is 0 Å². The molecule has 2 rings (SSSR count). The minimum atomic E-state index is -1.10. The fourth-order valence-corrected chi connectivity index (χ4v) is 2.71. The number of hydrogen-bond donors (Lipinski definition) is 2. The highest BCUT2D eigenvalue weighted by atomic mass is 16.6. The summed E-state index contributed by atoms with van der Waals surface area (Å²) in [6.45, 7) is 7.21. The topological polar surface area (TPSA) is 75.6 Å². The summed E-state index contributed by atoms with van der Waals surface area (Å²) in [5, 5.41) is 12.0. The molecule has 0 aromatic heterocycles. The first-order valence-electron chi connectivity index (χ1n) is 8.53. The zero-order valence-corrected chi connectivity index (χ0v) is 15.6. The number of benzene rings is 2. The van der Waals surface area contributed by atoms with E-state index < -0.39 is 23.7 Å². The van der Waals surface area contributed by atoms with Gasteiger partial charge in [0.05, 0.1) is 0 Å². The summed E-state index contributed by atoms with van der Waals surface area (Å²) in [6, 6.07) is 14.5. The number of hydrogen-bond acceptors (Lipinski definition) is 3. The Morgan fingerprint density at radius 1 is 1.04 bits per heavy atom. The van der Waals surface area contributed by atoms with Crippen LogP contribution in [0.1, 0.15) is 31.9 Å². The van der Waals surface area contributed by atoms with Crippen molar-refractivity contribution in [3.8, 4) is 11.1 Å². The molecule has 2 aromatic carbocycles. The van der Waals surface area contributed by atoms with E-state index in [1.807, 2.05) is 55.5 Å². The Kier molecular flexibility index (Phi) is 6.03. The van der Waals surface area contributed by atoms with Crippen LogP contribution in [0.5, 0.6) is 0 Å². The summed E-state index contributed by atoms with van der Waals surface area (Å²) >= 11 is 0. The number of carboxylic acids is 1. The molecule has 0 spiro atoms. The minimum Gasteiger partial charge on any atom is -0.480 e. The number of aryl methyl sites for hydroxylation is 1. The van der Waals surface area contributed by atoms with Crippen LogP contribution < -0.4 is 5.32 Å². The number of aliphatic carboxylic acids is 1. The molecule has 5 heteroatoms. The fraction of sp³-hybridized carbons (Fsp3) is 0.333. The van der Waals surface area contributed by atoms with Crippen LogP contribution in [0.4, 0.5) is 4.79 Å². The summed E-state index contributed by atoms with van der Waals surface area (Å²) in [5.41, 5.74) is 3.27. The predicted molar refractivity (Wildman–Crippen MR) is 101 cm³/mol. The molecule has 2 N–H and O–H groups in total. The average Bonchev–Trinajstić information content (AvgIpc) is 2.53. The van der Waals surface area contributed by atoms with Crippen LogP contribution in [0, 0.1) is 6.92 Å². The van der Waals surface area contributed by atoms with Crippen LogP contribution in [0.3, 0.4) is 0 Å². The highest BCUT2D eigenvalue weighted by Crippen LogP contribution is 2.27. The van der Waals surface area contributed by atoms with Crippen LogP contribution in [-0.4, -0.2) is 28.8 Å². The van der Waals surface area contributed by atoms with Gasteiger partial charge < -0.3 is 15.2 Å². The molecular formula is C21H25NO4. The largest absolute Gasteiger partial charge is 0.480 e. The molecule has 0 radical (unpaired) electrons. The second-order valence-corrected chi connectivity index (χ2v) is 7.21. The molecule has 0 fully saturated rings. The van der Waals surface area contributed by atoms with Crippen molar-refractivity contribution in [2.24, 2.45) is 0 Å². The maximum atomic E-state index is 12.0. The Bertz CT molecular complexity index is 793. The van der Waals surface area contributed by atoms with E-state index in [4.69, 9.17) is 4.74 Å². The molecule has 1 unspecified atom stereocenters. The number of amides is 1. The molecule has 0 aliphatic rings. The monoisotopic (exact) mass is 355 g/mol. The van der Waals surface area contributed by atoms with E-state index in [0.717, 1.165) is 22.3 Å². The second-order valence-electron chi connectivity index (χ2n) is 7.21. The lowest BCUT2D eigenvalue weighted by Crippen LogP contribution is -2.44. The Morgan fingerprint density at radius 3 is 2.19 bits per heavy atom. The normalized spacial score (nSPS) is 12.3. The number of alkyl carbamates (subject to hydrolysis) is 1.